The minimum atomic E-state index is -0.868. The second-order valence-corrected chi connectivity index (χ2v) is 5.12. The van der Waals surface area contributed by atoms with E-state index in [-0.39, 0.29) is 6.42 Å². The molecule has 0 bridgehead atoms. The zero-order valence-electron chi connectivity index (χ0n) is 13.0. The third kappa shape index (κ3) is 3.70. The first-order valence-corrected chi connectivity index (χ1v) is 7.26. The SMILES string of the molecule is COc1cccc(Nc2cncc(-n3ccc(CC(=O)O)c3)n2)c1. The van der Waals surface area contributed by atoms with Gasteiger partial charge in [0, 0.05) is 24.1 Å². The lowest BCUT2D eigenvalue weighted by atomic mass is 10.2. The molecule has 0 saturated heterocycles. The molecule has 0 saturated carbocycles. The molecule has 2 aromatic heterocycles. The zero-order chi connectivity index (χ0) is 16.9. The van der Waals surface area contributed by atoms with Crippen molar-refractivity contribution in [3.63, 3.8) is 0 Å². The molecule has 0 atom stereocenters. The molecule has 3 aromatic rings. The summed E-state index contributed by atoms with van der Waals surface area (Å²) < 4.78 is 6.93. The maximum Gasteiger partial charge on any atom is 0.307 e. The predicted molar refractivity (Wildman–Crippen MR) is 89.0 cm³/mol. The van der Waals surface area contributed by atoms with E-state index in [1.54, 1.807) is 42.5 Å². The van der Waals surface area contributed by atoms with Gasteiger partial charge in [-0.2, -0.15) is 0 Å². The Bertz CT molecular complexity index is 860. The average molecular weight is 324 g/mol. The van der Waals surface area contributed by atoms with Crippen molar-refractivity contribution in [2.24, 2.45) is 0 Å². The maximum atomic E-state index is 10.8. The Morgan fingerprint density at radius 1 is 1.33 bits per heavy atom. The summed E-state index contributed by atoms with van der Waals surface area (Å²) in [5, 5.41) is 12.0. The molecule has 1 aromatic carbocycles. The van der Waals surface area contributed by atoms with Crippen LogP contribution in [0.2, 0.25) is 0 Å². The van der Waals surface area contributed by atoms with Crippen molar-refractivity contribution < 1.29 is 14.6 Å². The minimum Gasteiger partial charge on any atom is -0.497 e. The topological polar surface area (TPSA) is 89.3 Å². The summed E-state index contributed by atoms with van der Waals surface area (Å²) in [5.74, 6) is 1.05. The number of aromatic nitrogens is 3. The second-order valence-electron chi connectivity index (χ2n) is 5.12. The van der Waals surface area contributed by atoms with Crippen LogP contribution in [0.15, 0.2) is 55.1 Å². The van der Waals surface area contributed by atoms with Crippen LogP contribution in [0.3, 0.4) is 0 Å². The Balaban J connectivity index is 1.81. The number of ether oxygens (including phenoxy) is 1. The number of aliphatic carboxylic acids is 1. The number of nitrogens with zero attached hydrogens (tertiary/aromatic N) is 3. The number of carbonyl (C=O) groups is 1. The number of hydrogen-bond acceptors (Lipinski definition) is 5. The predicted octanol–water partition coefficient (Wildman–Crippen LogP) is 2.65. The Hall–Kier alpha value is -3.35. The van der Waals surface area contributed by atoms with Gasteiger partial charge in [-0.15, -0.1) is 0 Å². The third-order valence-corrected chi connectivity index (χ3v) is 3.34. The molecule has 24 heavy (non-hydrogen) atoms. The highest BCUT2D eigenvalue weighted by Gasteiger charge is 2.06. The van der Waals surface area contributed by atoms with Crippen molar-refractivity contribution in [2.45, 2.75) is 6.42 Å². The maximum absolute atomic E-state index is 10.8. The fourth-order valence-electron chi connectivity index (χ4n) is 2.25. The molecule has 0 aliphatic heterocycles. The van der Waals surface area contributed by atoms with Gasteiger partial charge < -0.3 is 19.7 Å². The molecule has 0 radical (unpaired) electrons. The van der Waals surface area contributed by atoms with Crippen LogP contribution < -0.4 is 10.1 Å². The monoisotopic (exact) mass is 324 g/mol. The van der Waals surface area contributed by atoms with E-state index in [1.807, 2.05) is 24.3 Å². The normalized spacial score (nSPS) is 10.4. The summed E-state index contributed by atoms with van der Waals surface area (Å²) >= 11 is 0. The lowest BCUT2D eigenvalue weighted by Crippen LogP contribution is -2.01. The van der Waals surface area contributed by atoms with E-state index < -0.39 is 5.97 Å². The van der Waals surface area contributed by atoms with Gasteiger partial charge in [-0.3, -0.25) is 9.78 Å². The fourth-order valence-corrected chi connectivity index (χ4v) is 2.25. The van der Waals surface area contributed by atoms with Crippen molar-refractivity contribution >= 4 is 17.5 Å². The lowest BCUT2D eigenvalue weighted by Gasteiger charge is -2.08. The van der Waals surface area contributed by atoms with Gasteiger partial charge in [0.1, 0.15) is 5.75 Å². The van der Waals surface area contributed by atoms with Gasteiger partial charge in [0.15, 0.2) is 11.6 Å². The molecule has 7 nitrogen and oxygen atoms in total. The molecule has 0 aliphatic carbocycles. The molecule has 122 valence electrons. The van der Waals surface area contributed by atoms with Crippen molar-refractivity contribution in [2.75, 3.05) is 12.4 Å². The average Bonchev–Trinajstić information content (AvgIpc) is 3.03. The molecule has 3 rings (SSSR count). The van der Waals surface area contributed by atoms with E-state index >= 15 is 0 Å². The molecule has 0 unspecified atom stereocenters. The Labute approximate surface area is 138 Å². The van der Waals surface area contributed by atoms with Gasteiger partial charge in [0.05, 0.1) is 25.9 Å². The molecular formula is C17H16N4O3. The van der Waals surface area contributed by atoms with Gasteiger partial charge in [-0.05, 0) is 23.8 Å². The van der Waals surface area contributed by atoms with Gasteiger partial charge in [0.2, 0.25) is 0 Å². The molecule has 0 amide bonds. The summed E-state index contributed by atoms with van der Waals surface area (Å²) in [4.78, 5) is 19.4. The van der Waals surface area contributed by atoms with Crippen LogP contribution in [0.1, 0.15) is 5.56 Å². The highest BCUT2D eigenvalue weighted by atomic mass is 16.5. The molecule has 0 aliphatic rings. The lowest BCUT2D eigenvalue weighted by molar-refractivity contribution is -0.136. The number of benzene rings is 1. The van der Waals surface area contributed by atoms with Gasteiger partial charge >= 0.3 is 5.97 Å². The number of methoxy groups -OCH3 is 1. The van der Waals surface area contributed by atoms with E-state index in [0.29, 0.717) is 17.2 Å². The zero-order valence-corrected chi connectivity index (χ0v) is 13.0. The van der Waals surface area contributed by atoms with Crippen molar-refractivity contribution in [1.82, 2.24) is 14.5 Å². The molecular weight excluding hydrogens is 308 g/mol. The number of carboxylic acid groups (broad SMARTS) is 1. The van der Waals surface area contributed by atoms with Gasteiger partial charge in [0.25, 0.3) is 0 Å². The largest absolute Gasteiger partial charge is 0.497 e. The summed E-state index contributed by atoms with van der Waals surface area (Å²) in [6, 6.07) is 9.24. The van der Waals surface area contributed by atoms with Crippen LogP contribution in [0.4, 0.5) is 11.5 Å². The van der Waals surface area contributed by atoms with Crippen LogP contribution in [-0.4, -0.2) is 32.7 Å². The molecule has 0 fully saturated rings. The third-order valence-electron chi connectivity index (χ3n) is 3.34. The van der Waals surface area contributed by atoms with E-state index in [4.69, 9.17) is 9.84 Å². The van der Waals surface area contributed by atoms with Gasteiger partial charge in [-0.25, -0.2) is 4.98 Å². The Morgan fingerprint density at radius 2 is 2.21 bits per heavy atom. The Kier molecular flexibility index (Phi) is 4.42. The molecule has 0 spiro atoms. The Morgan fingerprint density at radius 3 is 3.00 bits per heavy atom. The quantitative estimate of drug-likeness (QED) is 0.724. The standard InChI is InChI=1S/C17H16N4O3/c1-24-14-4-2-3-13(8-14)19-15-9-18-10-16(20-15)21-6-5-12(11-21)7-17(22)23/h2-6,8-11H,7H2,1H3,(H,19,20)(H,22,23). The summed E-state index contributed by atoms with van der Waals surface area (Å²) in [5.41, 5.74) is 1.54. The van der Waals surface area contributed by atoms with Crippen LogP contribution >= 0.6 is 0 Å². The molecule has 7 heteroatoms. The first kappa shape index (κ1) is 15.5. The van der Waals surface area contributed by atoms with Crippen LogP contribution in [-0.2, 0) is 11.2 Å². The van der Waals surface area contributed by atoms with Gasteiger partial charge in [-0.1, -0.05) is 6.07 Å². The first-order valence-electron chi connectivity index (χ1n) is 7.26. The summed E-state index contributed by atoms with van der Waals surface area (Å²) in [6.45, 7) is 0. The number of carboxylic acids is 1. The minimum absolute atomic E-state index is 0.0256. The highest BCUT2D eigenvalue weighted by Crippen LogP contribution is 2.20. The highest BCUT2D eigenvalue weighted by molar-refractivity contribution is 5.70. The first-order chi connectivity index (χ1) is 11.6. The van der Waals surface area contributed by atoms with Crippen molar-refractivity contribution in [3.05, 3.63) is 60.7 Å². The van der Waals surface area contributed by atoms with E-state index in [9.17, 15) is 4.79 Å². The van der Waals surface area contributed by atoms with Crippen LogP contribution in [0.25, 0.3) is 5.82 Å². The number of rotatable bonds is 6. The summed E-state index contributed by atoms with van der Waals surface area (Å²) in [6.07, 6.45) is 6.69. The van der Waals surface area contributed by atoms with Crippen molar-refractivity contribution in [1.29, 1.82) is 0 Å². The second kappa shape index (κ2) is 6.82. The smallest absolute Gasteiger partial charge is 0.307 e. The number of hydrogen-bond donors (Lipinski definition) is 2. The van der Waals surface area contributed by atoms with E-state index in [1.165, 1.54) is 0 Å². The van der Waals surface area contributed by atoms with Crippen LogP contribution in [0.5, 0.6) is 5.75 Å². The van der Waals surface area contributed by atoms with Crippen molar-refractivity contribution in [3.8, 4) is 11.6 Å². The number of anilines is 2. The fraction of sp³-hybridized carbons (Fsp3) is 0.118. The molecule has 2 N–H and O–H groups in total. The van der Waals surface area contributed by atoms with E-state index in [0.717, 1.165) is 11.4 Å². The van der Waals surface area contributed by atoms with E-state index in [2.05, 4.69) is 15.3 Å². The molecule has 2 heterocycles. The van der Waals surface area contributed by atoms with Crippen LogP contribution in [0, 0.1) is 0 Å². The number of nitrogens with one attached hydrogen (secondary N) is 1. The summed E-state index contributed by atoms with van der Waals surface area (Å²) in [7, 11) is 1.61.